The topological polar surface area (TPSA) is 52.6 Å². The van der Waals surface area contributed by atoms with Crippen LogP contribution in [-0.4, -0.2) is 41.8 Å². The number of nitrogens with zero attached hydrogens (tertiary/aromatic N) is 1. The summed E-state index contributed by atoms with van der Waals surface area (Å²) in [6.45, 7) is 2.43. The van der Waals surface area contributed by atoms with E-state index in [1.165, 1.54) is 6.07 Å². The maximum atomic E-state index is 13.2. The Hall–Kier alpha value is -1.69. The Labute approximate surface area is 141 Å². The second-order valence-corrected chi connectivity index (χ2v) is 6.78. The number of aryl methyl sites for hydroxylation is 1. The number of amides is 2. The summed E-state index contributed by atoms with van der Waals surface area (Å²) in [7, 11) is 1.72. The van der Waals surface area contributed by atoms with E-state index in [2.05, 4.69) is 5.32 Å². The zero-order valence-electron chi connectivity index (χ0n) is 14.3. The summed E-state index contributed by atoms with van der Waals surface area (Å²) >= 11 is 0. The van der Waals surface area contributed by atoms with Crippen molar-refractivity contribution in [2.24, 2.45) is 5.92 Å². The molecule has 1 saturated carbocycles. The van der Waals surface area contributed by atoms with E-state index in [4.69, 9.17) is 0 Å². The Morgan fingerprint density at radius 3 is 2.75 bits per heavy atom. The van der Waals surface area contributed by atoms with Crippen LogP contribution >= 0.6 is 0 Å². The minimum Gasteiger partial charge on any atom is -0.393 e. The SMILES string of the molecule is CC(CCc1ccc(F)c(F)c1)NC(=O)N(C)CC1CCCC1O. The van der Waals surface area contributed by atoms with E-state index >= 15 is 0 Å². The summed E-state index contributed by atoms with van der Waals surface area (Å²) in [6, 6.07) is 3.61. The monoisotopic (exact) mass is 340 g/mol. The minimum absolute atomic E-state index is 0.0819. The van der Waals surface area contributed by atoms with E-state index in [-0.39, 0.29) is 24.1 Å². The fourth-order valence-corrected chi connectivity index (χ4v) is 3.14. The van der Waals surface area contributed by atoms with Crippen LogP contribution in [0.4, 0.5) is 13.6 Å². The van der Waals surface area contributed by atoms with Gasteiger partial charge in [0.2, 0.25) is 0 Å². The summed E-state index contributed by atoms with van der Waals surface area (Å²) < 4.78 is 26.1. The standard InChI is InChI=1S/C18H26F2N2O2/c1-12(6-7-13-8-9-15(19)16(20)10-13)21-18(24)22(2)11-14-4-3-5-17(14)23/h8-10,12,14,17,23H,3-7,11H2,1-2H3,(H,21,24). The van der Waals surface area contributed by atoms with E-state index in [0.29, 0.717) is 24.9 Å². The molecule has 3 atom stereocenters. The lowest BCUT2D eigenvalue weighted by molar-refractivity contribution is 0.113. The Bertz CT molecular complexity index is 568. The fraction of sp³-hybridized carbons (Fsp3) is 0.611. The van der Waals surface area contributed by atoms with Crippen molar-refractivity contribution in [3.05, 3.63) is 35.4 Å². The highest BCUT2D eigenvalue weighted by Gasteiger charge is 2.27. The highest BCUT2D eigenvalue weighted by molar-refractivity contribution is 5.74. The van der Waals surface area contributed by atoms with Crippen molar-refractivity contribution in [1.29, 1.82) is 0 Å². The number of hydrogen-bond acceptors (Lipinski definition) is 2. The molecule has 0 spiro atoms. The summed E-state index contributed by atoms with van der Waals surface area (Å²) in [5, 5.41) is 12.7. The number of halogens is 2. The quantitative estimate of drug-likeness (QED) is 0.836. The molecule has 2 N–H and O–H groups in total. The fourth-order valence-electron chi connectivity index (χ4n) is 3.14. The second-order valence-electron chi connectivity index (χ2n) is 6.78. The summed E-state index contributed by atoms with van der Waals surface area (Å²) in [5.74, 6) is -1.55. The van der Waals surface area contributed by atoms with Crippen molar-refractivity contribution < 1.29 is 18.7 Å². The average Bonchev–Trinajstić information content (AvgIpc) is 2.93. The normalized spacial score (nSPS) is 21.5. The van der Waals surface area contributed by atoms with E-state index < -0.39 is 11.6 Å². The third-order valence-corrected chi connectivity index (χ3v) is 4.69. The van der Waals surface area contributed by atoms with Gasteiger partial charge in [0.1, 0.15) is 0 Å². The van der Waals surface area contributed by atoms with Gasteiger partial charge in [-0.3, -0.25) is 0 Å². The van der Waals surface area contributed by atoms with Crippen LogP contribution in [0.3, 0.4) is 0 Å². The zero-order valence-corrected chi connectivity index (χ0v) is 14.3. The molecule has 1 aromatic rings. The number of benzene rings is 1. The molecular formula is C18H26F2N2O2. The molecule has 24 heavy (non-hydrogen) atoms. The van der Waals surface area contributed by atoms with Gasteiger partial charge in [-0.2, -0.15) is 0 Å². The van der Waals surface area contributed by atoms with E-state index in [1.54, 1.807) is 18.0 Å². The molecule has 1 aliphatic carbocycles. The first kappa shape index (κ1) is 18.6. The van der Waals surface area contributed by atoms with Crippen LogP contribution in [0.15, 0.2) is 18.2 Å². The van der Waals surface area contributed by atoms with Gasteiger partial charge >= 0.3 is 6.03 Å². The highest BCUT2D eigenvalue weighted by Crippen LogP contribution is 2.26. The number of urea groups is 1. The Morgan fingerprint density at radius 2 is 2.12 bits per heavy atom. The first-order valence-corrected chi connectivity index (χ1v) is 8.50. The zero-order chi connectivity index (χ0) is 17.7. The van der Waals surface area contributed by atoms with Crippen molar-refractivity contribution in [2.45, 2.75) is 51.2 Å². The molecule has 0 bridgehead atoms. The summed E-state index contributed by atoms with van der Waals surface area (Å²) in [6.07, 6.45) is 3.65. The smallest absolute Gasteiger partial charge is 0.317 e. The number of rotatable bonds is 6. The third-order valence-electron chi connectivity index (χ3n) is 4.69. The Balaban J connectivity index is 1.75. The van der Waals surface area contributed by atoms with Gasteiger partial charge in [-0.1, -0.05) is 12.5 Å². The summed E-state index contributed by atoms with van der Waals surface area (Å²) in [4.78, 5) is 13.8. The third kappa shape index (κ3) is 5.16. The van der Waals surface area contributed by atoms with E-state index in [9.17, 15) is 18.7 Å². The van der Waals surface area contributed by atoms with Gasteiger partial charge in [-0.05, 0) is 50.3 Å². The molecule has 0 aliphatic heterocycles. The second kappa shape index (κ2) is 8.42. The molecule has 0 radical (unpaired) electrons. The van der Waals surface area contributed by atoms with E-state index in [1.807, 2.05) is 6.92 Å². The Kier molecular flexibility index (Phi) is 6.54. The van der Waals surface area contributed by atoms with Crippen molar-refractivity contribution in [3.63, 3.8) is 0 Å². The number of hydrogen-bond donors (Lipinski definition) is 2. The van der Waals surface area contributed by atoms with Crippen LogP contribution in [0.2, 0.25) is 0 Å². The van der Waals surface area contributed by atoms with Crippen molar-refractivity contribution >= 4 is 6.03 Å². The van der Waals surface area contributed by atoms with Gasteiger partial charge in [0.25, 0.3) is 0 Å². The van der Waals surface area contributed by atoms with Crippen LogP contribution in [0.5, 0.6) is 0 Å². The van der Waals surface area contributed by atoms with Gasteiger partial charge in [0, 0.05) is 25.6 Å². The maximum absolute atomic E-state index is 13.2. The molecule has 2 amide bonds. The number of aliphatic hydroxyl groups is 1. The molecule has 6 heteroatoms. The van der Waals surface area contributed by atoms with Crippen LogP contribution < -0.4 is 5.32 Å². The van der Waals surface area contributed by atoms with Gasteiger partial charge < -0.3 is 15.3 Å². The predicted molar refractivity (Wildman–Crippen MR) is 88.7 cm³/mol. The van der Waals surface area contributed by atoms with Crippen molar-refractivity contribution in [1.82, 2.24) is 10.2 Å². The van der Waals surface area contributed by atoms with Crippen molar-refractivity contribution in [3.8, 4) is 0 Å². The van der Waals surface area contributed by atoms with Gasteiger partial charge in [-0.15, -0.1) is 0 Å². The first-order valence-electron chi connectivity index (χ1n) is 8.50. The van der Waals surface area contributed by atoms with Crippen LogP contribution in [0, 0.1) is 17.6 Å². The molecular weight excluding hydrogens is 314 g/mol. The van der Waals surface area contributed by atoms with Crippen molar-refractivity contribution in [2.75, 3.05) is 13.6 Å². The lowest BCUT2D eigenvalue weighted by Gasteiger charge is -2.25. The largest absolute Gasteiger partial charge is 0.393 e. The number of aliphatic hydroxyl groups excluding tert-OH is 1. The summed E-state index contributed by atoms with van der Waals surface area (Å²) in [5.41, 5.74) is 0.706. The first-order chi connectivity index (χ1) is 11.4. The van der Waals surface area contributed by atoms with Gasteiger partial charge in [0.15, 0.2) is 11.6 Å². The highest BCUT2D eigenvalue weighted by atomic mass is 19.2. The molecule has 1 aromatic carbocycles. The molecule has 0 aromatic heterocycles. The van der Waals surface area contributed by atoms with E-state index in [0.717, 1.165) is 25.3 Å². The molecule has 3 unspecified atom stereocenters. The minimum atomic E-state index is -0.851. The molecule has 4 nitrogen and oxygen atoms in total. The Morgan fingerprint density at radius 1 is 1.38 bits per heavy atom. The van der Waals surface area contributed by atoms with Gasteiger partial charge in [-0.25, -0.2) is 13.6 Å². The molecule has 1 fully saturated rings. The molecule has 134 valence electrons. The lowest BCUT2D eigenvalue weighted by Crippen LogP contribution is -2.44. The molecule has 2 rings (SSSR count). The van der Waals surface area contributed by atoms with Crippen LogP contribution in [0.1, 0.15) is 38.2 Å². The number of nitrogens with one attached hydrogen (secondary N) is 1. The van der Waals surface area contributed by atoms with Gasteiger partial charge in [0.05, 0.1) is 6.10 Å². The number of carbonyl (C=O) groups excluding carboxylic acids is 1. The van der Waals surface area contributed by atoms with Crippen LogP contribution in [0.25, 0.3) is 0 Å². The molecule has 1 aliphatic rings. The predicted octanol–water partition coefficient (Wildman–Crippen LogP) is 3.09. The average molecular weight is 340 g/mol. The molecule has 0 heterocycles. The number of carbonyl (C=O) groups is 1. The lowest BCUT2D eigenvalue weighted by atomic mass is 10.1. The van der Waals surface area contributed by atoms with Crippen LogP contribution in [-0.2, 0) is 6.42 Å². The molecule has 0 saturated heterocycles. The maximum Gasteiger partial charge on any atom is 0.317 e.